The highest BCUT2D eigenvalue weighted by Gasteiger charge is 2.57. The summed E-state index contributed by atoms with van der Waals surface area (Å²) >= 11 is 0. The molecule has 107 heavy (non-hydrogen) atoms. The van der Waals surface area contributed by atoms with Crippen molar-refractivity contribution in [1.29, 1.82) is 0 Å². The van der Waals surface area contributed by atoms with E-state index >= 15 is 17.6 Å². The molecule has 18 rings (SSSR count). The summed E-state index contributed by atoms with van der Waals surface area (Å²) in [5, 5.41) is 0. The Bertz CT molecular complexity index is 5500. The number of anilines is 6. The number of halogens is 4. The SMILES string of the molecule is C=Cc1ccc(Oc2ccc(C3(c4cccc(F)c4)c4ccccc4-c4ccc(N(c5ccc(F)cc5)c5ccc6c(c5)C5(CC6(C)C)CC(C)(C)c6ccc(N(c7ccc(F)cc7)c7ccc8c(c7)C(c7ccc(Oc9ccc(C=C)cc9)cc7)(c7cccc(F)c7)c7ccccc7-8)cc65)cc43)cc2)cc1. The van der Waals surface area contributed by atoms with Gasteiger partial charge in [0.25, 0.3) is 0 Å². The second-order valence-corrected chi connectivity index (χ2v) is 30.2. The third kappa shape index (κ3) is 10.8. The minimum atomic E-state index is -1.01. The van der Waals surface area contributed by atoms with Crippen LogP contribution in [-0.4, -0.2) is 0 Å². The van der Waals surface area contributed by atoms with E-state index in [1.807, 2.05) is 109 Å². The average molecular weight is 1400 g/mol. The fourth-order valence-electron chi connectivity index (χ4n) is 18.7. The van der Waals surface area contributed by atoms with Crippen molar-refractivity contribution in [1.82, 2.24) is 0 Å². The number of hydrogen-bond donors (Lipinski definition) is 0. The zero-order chi connectivity index (χ0) is 73.1. The molecule has 14 aromatic carbocycles. The summed E-state index contributed by atoms with van der Waals surface area (Å²) in [7, 11) is 0. The van der Waals surface area contributed by atoms with E-state index in [0.29, 0.717) is 23.0 Å². The first-order valence-electron chi connectivity index (χ1n) is 36.4. The number of ether oxygens (including phenoxy) is 2. The smallest absolute Gasteiger partial charge is 0.127 e. The Morgan fingerprint density at radius 1 is 0.280 bits per heavy atom. The molecule has 0 bridgehead atoms. The van der Waals surface area contributed by atoms with Gasteiger partial charge in [0, 0.05) is 39.5 Å². The maximum Gasteiger partial charge on any atom is 0.127 e. The molecule has 0 saturated carbocycles. The lowest BCUT2D eigenvalue weighted by atomic mass is 9.67. The summed E-state index contributed by atoms with van der Waals surface area (Å²) in [4.78, 5) is 4.48. The van der Waals surface area contributed by atoms with Crippen molar-refractivity contribution in [3.05, 3.63) is 430 Å². The van der Waals surface area contributed by atoms with Crippen molar-refractivity contribution >= 4 is 46.3 Å². The number of rotatable bonds is 16. The molecule has 0 radical (unpaired) electrons. The van der Waals surface area contributed by atoms with E-state index in [1.54, 1.807) is 36.4 Å². The molecule has 0 aromatic heterocycles. The third-order valence-corrected chi connectivity index (χ3v) is 23.0. The highest BCUT2D eigenvalue weighted by molar-refractivity contribution is 5.92. The number of benzene rings is 14. The van der Waals surface area contributed by atoms with Gasteiger partial charge in [-0.2, -0.15) is 0 Å². The fraction of sp³-hybridized carbons (Fsp3) is 0.111. The lowest BCUT2D eigenvalue weighted by Crippen LogP contribution is -2.29. The van der Waals surface area contributed by atoms with E-state index in [9.17, 15) is 0 Å². The van der Waals surface area contributed by atoms with Crippen LogP contribution in [-0.2, 0) is 27.1 Å². The Kier molecular flexibility index (Phi) is 15.8. The van der Waals surface area contributed by atoms with Gasteiger partial charge in [-0.15, -0.1) is 0 Å². The van der Waals surface area contributed by atoms with E-state index in [4.69, 9.17) is 9.47 Å². The van der Waals surface area contributed by atoms with Gasteiger partial charge in [-0.25, -0.2) is 17.6 Å². The molecule has 4 nitrogen and oxygen atoms in total. The van der Waals surface area contributed by atoms with E-state index in [0.717, 1.165) is 125 Å². The van der Waals surface area contributed by atoms with Crippen molar-refractivity contribution < 1.29 is 27.0 Å². The molecule has 4 aliphatic rings. The molecule has 0 saturated heterocycles. The van der Waals surface area contributed by atoms with Crippen LogP contribution in [0.25, 0.3) is 34.4 Å². The molecule has 0 N–H and O–H groups in total. The molecule has 1 spiro atoms. The lowest BCUT2D eigenvalue weighted by Gasteiger charge is -2.35. The quantitative estimate of drug-likeness (QED) is 0.0900. The van der Waals surface area contributed by atoms with Crippen LogP contribution in [0.4, 0.5) is 51.7 Å². The Balaban J connectivity index is 0.787. The predicted octanol–water partition coefficient (Wildman–Crippen LogP) is 26.4. The molecule has 4 aliphatic carbocycles. The van der Waals surface area contributed by atoms with Crippen LogP contribution in [0.2, 0.25) is 0 Å². The average Bonchev–Trinajstić information content (AvgIpc) is 1.53. The fourth-order valence-corrected chi connectivity index (χ4v) is 18.7. The van der Waals surface area contributed by atoms with Crippen LogP contribution in [0.15, 0.2) is 329 Å². The zero-order valence-corrected chi connectivity index (χ0v) is 59.7. The summed E-state index contributed by atoms with van der Waals surface area (Å²) in [5.74, 6) is 1.27. The molecule has 14 aromatic rings. The van der Waals surface area contributed by atoms with Crippen molar-refractivity contribution in [3.63, 3.8) is 0 Å². The maximum absolute atomic E-state index is 16.2. The summed E-state index contributed by atoms with van der Waals surface area (Å²) in [6, 6.07) is 103. The van der Waals surface area contributed by atoms with Gasteiger partial charge in [0.05, 0.1) is 10.8 Å². The van der Waals surface area contributed by atoms with Crippen LogP contribution in [0.3, 0.4) is 0 Å². The summed E-state index contributed by atoms with van der Waals surface area (Å²) in [6.07, 6.45) is 5.22. The summed E-state index contributed by atoms with van der Waals surface area (Å²) in [6.45, 7) is 17.3. The van der Waals surface area contributed by atoms with Gasteiger partial charge in [0.15, 0.2) is 0 Å². The Labute approximate surface area is 622 Å². The molecule has 0 fully saturated rings. The van der Waals surface area contributed by atoms with Crippen molar-refractivity contribution in [2.75, 3.05) is 9.80 Å². The highest BCUT2D eigenvalue weighted by atomic mass is 19.1. The van der Waals surface area contributed by atoms with Crippen LogP contribution in [0.5, 0.6) is 23.0 Å². The summed E-state index contributed by atoms with van der Waals surface area (Å²) < 4.78 is 76.1. The zero-order valence-electron chi connectivity index (χ0n) is 59.7. The second kappa shape index (κ2) is 25.4. The first-order valence-corrected chi connectivity index (χ1v) is 36.4. The van der Waals surface area contributed by atoms with Crippen molar-refractivity contribution in [3.8, 4) is 45.3 Å². The van der Waals surface area contributed by atoms with Crippen molar-refractivity contribution in [2.45, 2.75) is 67.6 Å². The Hall–Kier alpha value is -12.5. The molecule has 0 aliphatic heterocycles. The molecule has 0 amide bonds. The third-order valence-electron chi connectivity index (χ3n) is 23.0. The van der Waals surface area contributed by atoms with Gasteiger partial charge >= 0.3 is 0 Å². The first kappa shape index (κ1) is 66.4. The maximum atomic E-state index is 16.2. The van der Waals surface area contributed by atoms with Crippen LogP contribution in [0, 0.1) is 23.3 Å². The van der Waals surface area contributed by atoms with E-state index in [1.165, 1.54) is 58.7 Å². The van der Waals surface area contributed by atoms with E-state index < -0.39 is 16.2 Å². The van der Waals surface area contributed by atoms with Crippen LogP contribution >= 0.6 is 0 Å². The highest BCUT2D eigenvalue weighted by Crippen LogP contribution is 2.66. The number of nitrogens with zero attached hydrogens (tertiary/aromatic N) is 2. The first-order chi connectivity index (χ1) is 51.9. The van der Waals surface area contributed by atoms with Gasteiger partial charge < -0.3 is 19.3 Å². The normalized spacial score (nSPS) is 17.8. The molecule has 8 heteroatoms. The van der Waals surface area contributed by atoms with Crippen LogP contribution < -0.4 is 19.3 Å². The number of fused-ring (bicyclic) bond motifs is 10. The van der Waals surface area contributed by atoms with Gasteiger partial charge in [0.1, 0.15) is 46.3 Å². The largest absolute Gasteiger partial charge is 0.457 e. The molecule has 520 valence electrons. The van der Waals surface area contributed by atoms with Crippen molar-refractivity contribution in [2.24, 2.45) is 0 Å². The predicted molar refractivity (Wildman–Crippen MR) is 426 cm³/mol. The van der Waals surface area contributed by atoms with Gasteiger partial charge in [-0.1, -0.05) is 199 Å². The standard InChI is InChI=1S/C99H74F4N2O2/c1-7-63-23-43-79(44-24-63)106-81-47-27-65(28-48-81)98(67-15-13-17-71(102)55-67)87-21-11-9-19-83(87)85-51-39-75(57-91(85)98)104(73-35-31-69(100)32-36-73)77-41-53-89-93(59-77)97(61-95(89,3)4)62-96(5,6)90-54-42-78(60-94(90)97)105(74-37-33-70(101)34-38-74)76-40-52-86-84-20-10-12-22-88(84)99(92(86)58-76,68-16-14-18-72(103)56-68)66-29-49-82(50-30-66)107-80-45-25-64(8-2)26-46-80/h7-60H,1-2,61-62H2,3-6H3. The molecule has 2 unspecified atom stereocenters. The van der Waals surface area contributed by atoms with Gasteiger partial charge in [-0.05, 0) is 294 Å². The van der Waals surface area contributed by atoms with E-state index in [2.05, 4.69) is 196 Å². The molecule has 2 atom stereocenters. The summed E-state index contributed by atoms with van der Waals surface area (Å²) in [5.41, 5.74) is 20.1. The minimum absolute atomic E-state index is 0.296. The Morgan fingerprint density at radius 2 is 0.607 bits per heavy atom. The lowest BCUT2D eigenvalue weighted by molar-refractivity contribution is 0.349. The van der Waals surface area contributed by atoms with E-state index in [-0.39, 0.29) is 34.1 Å². The van der Waals surface area contributed by atoms with Crippen LogP contribution in [0.1, 0.15) is 118 Å². The molecular formula is C99H74F4N2O2. The minimum Gasteiger partial charge on any atom is -0.457 e. The molecule has 0 heterocycles. The van der Waals surface area contributed by atoms with Gasteiger partial charge in [0.2, 0.25) is 0 Å². The molecular weight excluding hydrogens is 1330 g/mol. The topological polar surface area (TPSA) is 24.9 Å². The monoisotopic (exact) mass is 1400 g/mol. The second-order valence-electron chi connectivity index (χ2n) is 30.2. The van der Waals surface area contributed by atoms with Gasteiger partial charge in [-0.3, -0.25) is 0 Å². The number of hydrogen-bond acceptors (Lipinski definition) is 4. The Morgan fingerprint density at radius 3 is 0.972 bits per heavy atom.